The van der Waals surface area contributed by atoms with Crippen LogP contribution in [0.5, 0.6) is 5.75 Å². The van der Waals surface area contributed by atoms with Crippen LogP contribution in [0.4, 0.5) is 0 Å². The first-order chi connectivity index (χ1) is 9.23. The van der Waals surface area contributed by atoms with E-state index in [9.17, 15) is 0 Å². The minimum Gasteiger partial charge on any atom is -0.493 e. The molecule has 0 atom stereocenters. The summed E-state index contributed by atoms with van der Waals surface area (Å²) in [5.41, 5.74) is 7.58. The van der Waals surface area contributed by atoms with E-state index in [1.54, 1.807) is 0 Å². The van der Waals surface area contributed by atoms with E-state index >= 15 is 0 Å². The molecule has 19 heavy (non-hydrogen) atoms. The maximum absolute atomic E-state index is 6.12. The van der Waals surface area contributed by atoms with Gasteiger partial charge in [-0.1, -0.05) is 28.8 Å². The van der Waals surface area contributed by atoms with Gasteiger partial charge in [-0.15, -0.1) is 0 Å². The Morgan fingerprint density at radius 3 is 2.63 bits per heavy atom. The zero-order valence-corrected chi connectivity index (χ0v) is 12.9. The van der Waals surface area contributed by atoms with Crippen molar-refractivity contribution in [3.8, 4) is 5.75 Å². The molecule has 0 amide bonds. The Labute approximate surface area is 123 Å². The van der Waals surface area contributed by atoms with E-state index in [1.807, 2.05) is 0 Å². The number of nitrogens with two attached hydrogens (primary N) is 1. The average molecular weight is 324 g/mol. The molecule has 2 nitrogen and oxygen atoms in total. The van der Waals surface area contributed by atoms with Crippen molar-refractivity contribution in [3.63, 3.8) is 0 Å². The van der Waals surface area contributed by atoms with E-state index in [0.29, 0.717) is 0 Å². The molecule has 2 saturated carbocycles. The van der Waals surface area contributed by atoms with Crippen LogP contribution in [0.2, 0.25) is 0 Å². The molecule has 2 aliphatic rings. The molecule has 3 heteroatoms. The van der Waals surface area contributed by atoms with Gasteiger partial charge >= 0.3 is 0 Å². The topological polar surface area (TPSA) is 35.2 Å². The fourth-order valence-corrected chi connectivity index (χ4v) is 3.53. The summed E-state index contributed by atoms with van der Waals surface area (Å²) < 4.78 is 7.20. The number of hydrogen-bond acceptors (Lipinski definition) is 2. The van der Waals surface area contributed by atoms with Crippen LogP contribution >= 0.6 is 15.9 Å². The predicted molar refractivity (Wildman–Crippen MR) is 81.6 cm³/mol. The third kappa shape index (κ3) is 2.82. The Morgan fingerprint density at radius 1 is 1.26 bits per heavy atom. The first-order valence-corrected chi connectivity index (χ1v) is 8.16. The van der Waals surface area contributed by atoms with E-state index < -0.39 is 0 Å². The Hall–Kier alpha value is -0.540. The average Bonchev–Trinajstić information content (AvgIpc) is 3.13. The monoisotopic (exact) mass is 323 g/mol. The van der Waals surface area contributed by atoms with Crippen molar-refractivity contribution in [1.82, 2.24) is 0 Å². The van der Waals surface area contributed by atoms with Gasteiger partial charge in [-0.05, 0) is 49.8 Å². The molecule has 1 aromatic carbocycles. The van der Waals surface area contributed by atoms with Gasteiger partial charge < -0.3 is 10.5 Å². The van der Waals surface area contributed by atoms with Crippen LogP contribution in [-0.4, -0.2) is 13.2 Å². The molecule has 0 heterocycles. The normalized spacial score (nSPS) is 21.6. The van der Waals surface area contributed by atoms with Crippen molar-refractivity contribution in [2.24, 2.45) is 11.7 Å². The van der Waals surface area contributed by atoms with E-state index in [0.717, 1.165) is 29.3 Å². The summed E-state index contributed by atoms with van der Waals surface area (Å²) in [6, 6.07) is 6.41. The van der Waals surface area contributed by atoms with Crippen LogP contribution in [0, 0.1) is 5.92 Å². The van der Waals surface area contributed by atoms with Crippen molar-refractivity contribution < 1.29 is 4.74 Å². The third-order valence-electron chi connectivity index (χ3n) is 4.64. The molecule has 0 unspecified atom stereocenters. The van der Waals surface area contributed by atoms with Gasteiger partial charge in [0.25, 0.3) is 0 Å². The number of benzene rings is 1. The Bertz CT molecular complexity index is 450. The largest absolute Gasteiger partial charge is 0.493 e. The SMILES string of the molecule is NCC1(c2cc(Br)ccc2OCC2CC2)CCCC1. The fraction of sp³-hybridized carbons (Fsp3) is 0.625. The summed E-state index contributed by atoms with van der Waals surface area (Å²) in [6.07, 6.45) is 7.61. The van der Waals surface area contributed by atoms with Crippen LogP contribution in [-0.2, 0) is 5.41 Å². The van der Waals surface area contributed by atoms with Gasteiger partial charge in [0.05, 0.1) is 6.61 Å². The Morgan fingerprint density at radius 2 is 2.00 bits per heavy atom. The Balaban J connectivity index is 1.89. The summed E-state index contributed by atoms with van der Waals surface area (Å²) >= 11 is 3.59. The smallest absolute Gasteiger partial charge is 0.123 e. The second-order valence-corrected chi connectivity index (χ2v) is 7.00. The molecule has 0 radical (unpaired) electrons. The lowest BCUT2D eigenvalue weighted by atomic mass is 9.78. The lowest BCUT2D eigenvalue weighted by Gasteiger charge is -2.30. The highest BCUT2D eigenvalue weighted by atomic mass is 79.9. The van der Waals surface area contributed by atoms with Gasteiger partial charge in [-0.2, -0.15) is 0 Å². The molecule has 0 spiro atoms. The molecule has 0 saturated heterocycles. The zero-order chi connectivity index (χ0) is 13.3. The predicted octanol–water partition coefficient (Wildman–Crippen LogP) is 4.01. The van der Waals surface area contributed by atoms with Crippen LogP contribution in [0.3, 0.4) is 0 Å². The molecular weight excluding hydrogens is 302 g/mol. The maximum Gasteiger partial charge on any atom is 0.123 e. The van der Waals surface area contributed by atoms with Crippen molar-refractivity contribution >= 4 is 15.9 Å². The van der Waals surface area contributed by atoms with Gasteiger partial charge in [0, 0.05) is 22.0 Å². The fourth-order valence-electron chi connectivity index (χ4n) is 3.17. The number of ether oxygens (including phenoxy) is 1. The van der Waals surface area contributed by atoms with Crippen molar-refractivity contribution in [1.29, 1.82) is 0 Å². The first kappa shape index (κ1) is 13.4. The summed E-state index contributed by atoms with van der Waals surface area (Å²) in [5, 5.41) is 0. The quantitative estimate of drug-likeness (QED) is 0.888. The molecule has 0 aromatic heterocycles. The molecule has 104 valence electrons. The van der Waals surface area contributed by atoms with Crippen LogP contribution in [0.25, 0.3) is 0 Å². The van der Waals surface area contributed by atoms with Crippen LogP contribution in [0.15, 0.2) is 22.7 Å². The molecule has 0 aliphatic heterocycles. The summed E-state index contributed by atoms with van der Waals surface area (Å²) in [6.45, 7) is 1.60. The molecule has 2 fully saturated rings. The summed E-state index contributed by atoms with van der Waals surface area (Å²) in [7, 11) is 0. The third-order valence-corrected chi connectivity index (χ3v) is 5.13. The zero-order valence-electron chi connectivity index (χ0n) is 11.3. The standard InChI is InChI=1S/C16H22BrNO/c17-13-5-6-15(19-10-12-3-4-12)14(9-13)16(11-18)7-1-2-8-16/h5-6,9,12H,1-4,7-8,10-11,18H2. The minimum atomic E-state index is 0.142. The number of rotatable bonds is 5. The van der Waals surface area contributed by atoms with Crippen LogP contribution < -0.4 is 10.5 Å². The highest BCUT2D eigenvalue weighted by Gasteiger charge is 2.37. The van der Waals surface area contributed by atoms with Crippen LogP contribution in [0.1, 0.15) is 44.1 Å². The summed E-state index contributed by atoms with van der Waals surface area (Å²) in [5.74, 6) is 1.84. The van der Waals surface area contributed by atoms with Gasteiger partial charge in [-0.25, -0.2) is 0 Å². The van der Waals surface area contributed by atoms with E-state index in [-0.39, 0.29) is 5.41 Å². The maximum atomic E-state index is 6.12. The number of halogens is 1. The number of hydrogen-bond donors (Lipinski definition) is 1. The Kier molecular flexibility index (Phi) is 3.86. The highest BCUT2D eigenvalue weighted by molar-refractivity contribution is 9.10. The van der Waals surface area contributed by atoms with Crippen molar-refractivity contribution in [2.75, 3.05) is 13.2 Å². The lowest BCUT2D eigenvalue weighted by Crippen LogP contribution is -2.32. The highest BCUT2D eigenvalue weighted by Crippen LogP contribution is 2.45. The van der Waals surface area contributed by atoms with E-state index in [1.165, 1.54) is 44.1 Å². The summed E-state index contributed by atoms with van der Waals surface area (Å²) in [4.78, 5) is 0. The molecule has 3 rings (SSSR count). The molecule has 1 aromatic rings. The van der Waals surface area contributed by atoms with Gasteiger partial charge in [0.1, 0.15) is 5.75 Å². The van der Waals surface area contributed by atoms with Crippen molar-refractivity contribution in [2.45, 2.75) is 43.9 Å². The molecule has 0 bridgehead atoms. The minimum absolute atomic E-state index is 0.142. The van der Waals surface area contributed by atoms with E-state index in [2.05, 4.69) is 34.1 Å². The molecule has 2 N–H and O–H groups in total. The van der Waals surface area contributed by atoms with Crippen molar-refractivity contribution in [3.05, 3.63) is 28.2 Å². The lowest BCUT2D eigenvalue weighted by molar-refractivity contribution is 0.287. The van der Waals surface area contributed by atoms with E-state index in [4.69, 9.17) is 10.5 Å². The second kappa shape index (κ2) is 5.45. The molecular formula is C16H22BrNO. The van der Waals surface area contributed by atoms with Gasteiger partial charge in [0.2, 0.25) is 0 Å². The van der Waals surface area contributed by atoms with Gasteiger partial charge in [-0.3, -0.25) is 0 Å². The van der Waals surface area contributed by atoms with Gasteiger partial charge in [0.15, 0.2) is 0 Å². The first-order valence-electron chi connectivity index (χ1n) is 7.36. The molecule has 2 aliphatic carbocycles. The second-order valence-electron chi connectivity index (χ2n) is 6.09.